The van der Waals surface area contributed by atoms with Crippen molar-refractivity contribution in [3.63, 3.8) is 0 Å². The summed E-state index contributed by atoms with van der Waals surface area (Å²) < 4.78 is 3.59. The molecule has 0 heterocycles. The fourth-order valence-corrected chi connectivity index (χ4v) is 0.807. The maximum Gasteiger partial charge on any atom is 2.00 e. The molecular formula is C7H9CaNS. The molecule has 0 N–H and O–H groups in total. The van der Waals surface area contributed by atoms with Crippen molar-refractivity contribution in [3.8, 4) is 0 Å². The maximum atomic E-state index is 4.46. The summed E-state index contributed by atoms with van der Waals surface area (Å²) in [5.41, 5.74) is 1.17. The zero-order valence-corrected chi connectivity index (χ0v) is 8.68. The fourth-order valence-electron chi connectivity index (χ4n) is 0.658. The van der Waals surface area contributed by atoms with Gasteiger partial charge in [-0.05, 0) is 5.56 Å². The summed E-state index contributed by atoms with van der Waals surface area (Å²) in [6, 6.07) is 9.96. The van der Waals surface area contributed by atoms with E-state index in [2.05, 4.69) is 16.8 Å². The second kappa shape index (κ2) is 6.23. The average Bonchev–Trinajstić information content (AvgIpc) is 1.91. The molecule has 1 nitrogen and oxygen atoms in total. The Hall–Kier alpha value is 0.500. The van der Waals surface area contributed by atoms with Crippen molar-refractivity contribution in [2.45, 2.75) is 6.54 Å². The van der Waals surface area contributed by atoms with Gasteiger partial charge in [0.05, 0.1) is 6.54 Å². The van der Waals surface area contributed by atoms with Gasteiger partial charge in [-0.2, -0.15) is 0 Å². The topological polar surface area (TPSA) is 12.4 Å². The molecule has 0 aliphatic carbocycles. The Balaban J connectivity index is -0.000000270. The van der Waals surface area contributed by atoms with Crippen LogP contribution in [0.25, 0.3) is 0 Å². The van der Waals surface area contributed by atoms with Crippen molar-refractivity contribution >= 4 is 50.2 Å². The van der Waals surface area contributed by atoms with E-state index in [0.717, 1.165) is 0 Å². The molecule has 1 aromatic rings. The van der Waals surface area contributed by atoms with E-state index in [1.54, 1.807) is 0 Å². The molecule has 0 radical (unpaired) electrons. The van der Waals surface area contributed by atoms with Gasteiger partial charge in [0.2, 0.25) is 0 Å². The minimum Gasteiger partial charge on any atom is -1.00 e. The standard InChI is InChI=1S/C7H7NS.Ca.2H/c9-8-6-7-4-2-1-3-5-7;;;/h1-5H,6H2;;;/q;+2;2*-1. The quantitative estimate of drug-likeness (QED) is 0.630. The SMILES string of the molecule is S=NCc1ccccc1.[Ca+2].[H-].[H-]. The Bertz CT molecular complexity index is 196. The van der Waals surface area contributed by atoms with Crippen LogP contribution in [0, 0.1) is 0 Å². The van der Waals surface area contributed by atoms with E-state index in [-0.39, 0.29) is 40.6 Å². The van der Waals surface area contributed by atoms with Gasteiger partial charge >= 0.3 is 37.7 Å². The maximum absolute atomic E-state index is 4.46. The summed E-state index contributed by atoms with van der Waals surface area (Å²) in [6.07, 6.45) is 0. The molecule has 0 aromatic heterocycles. The van der Waals surface area contributed by atoms with E-state index in [0.29, 0.717) is 6.54 Å². The molecule has 0 unspecified atom stereocenters. The number of hydrogen-bond acceptors (Lipinski definition) is 2. The third kappa shape index (κ3) is 3.62. The number of benzene rings is 1. The predicted octanol–water partition coefficient (Wildman–Crippen LogP) is 1.76. The van der Waals surface area contributed by atoms with E-state index in [4.69, 9.17) is 0 Å². The van der Waals surface area contributed by atoms with E-state index in [1.807, 2.05) is 30.3 Å². The third-order valence-electron chi connectivity index (χ3n) is 1.09. The van der Waals surface area contributed by atoms with Gasteiger partial charge in [-0.15, -0.1) is 0 Å². The van der Waals surface area contributed by atoms with Crippen molar-refractivity contribution in [1.82, 2.24) is 0 Å². The van der Waals surface area contributed by atoms with E-state index < -0.39 is 0 Å². The van der Waals surface area contributed by atoms with Crippen LogP contribution in [-0.4, -0.2) is 37.7 Å². The number of nitrogens with zero attached hydrogens (tertiary/aromatic N) is 1. The van der Waals surface area contributed by atoms with Crippen LogP contribution in [0.5, 0.6) is 0 Å². The predicted molar refractivity (Wildman–Crippen MR) is 47.9 cm³/mol. The Morgan fingerprint density at radius 1 is 1.30 bits per heavy atom. The van der Waals surface area contributed by atoms with Crippen LogP contribution in [0.1, 0.15) is 8.42 Å². The molecular weight excluding hydrogens is 170 g/mol. The molecule has 0 saturated heterocycles. The Labute approximate surface area is 99.0 Å². The van der Waals surface area contributed by atoms with Gasteiger partial charge < -0.3 is 2.85 Å². The van der Waals surface area contributed by atoms with Crippen molar-refractivity contribution in [1.29, 1.82) is 0 Å². The van der Waals surface area contributed by atoms with Crippen LogP contribution in [-0.2, 0) is 19.0 Å². The molecule has 0 aliphatic rings. The number of hydrogen-bond donors (Lipinski definition) is 0. The van der Waals surface area contributed by atoms with Crippen molar-refractivity contribution < 1.29 is 2.85 Å². The minimum absolute atomic E-state index is 0. The second-order valence-electron chi connectivity index (χ2n) is 1.77. The summed E-state index contributed by atoms with van der Waals surface area (Å²) in [5, 5.41) is 0. The van der Waals surface area contributed by atoms with Crippen molar-refractivity contribution in [3.05, 3.63) is 35.9 Å². The molecule has 0 bridgehead atoms. The minimum atomic E-state index is 0. The summed E-state index contributed by atoms with van der Waals surface area (Å²) in [5.74, 6) is 0. The van der Waals surface area contributed by atoms with Gasteiger partial charge in [-0.3, -0.25) is 0 Å². The molecule has 0 fully saturated rings. The summed E-state index contributed by atoms with van der Waals surface area (Å²) >= 11 is 4.46. The van der Waals surface area contributed by atoms with Crippen LogP contribution in [0.2, 0.25) is 0 Å². The van der Waals surface area contributed by atoms with E-state index in [9.17, 15) is 0 Å². The van der Waals surface area contributed by atoms with Crippen molar-refractivity contribution in [2.75, 3.05) is 0 Å². The number of rotatable bonds is 2. The van der Waals surface area contributed by atoms with Gasteiger partial charge in [-0.25, -0.2) is 4.36 Å². The molecule has 50 valence electrons. The Morgan fingerprint density at radius 3 is 2.40 bits per heavy atom. The first kappa shape index (κ1) is 10.5. The second-order valence-corrected chi connectivity index (χ2v) is 2.03. The van der Waals surface area contributed by atoms with E-state index in [1.165, 1.54) is 5.56 Å². The normalized spacial score (nSPS) is 8.00. The molecule has 0 saturated carbocycles. The van der Waals surface area contributed by atoms with Crippen LogP contribution in [0.3, 0.4) is 0 Å². The van der Waals surface area contributed by atoms with Gasteiger partial charge in [0.15, 0.2) is 0 Å². The van der Waals surface area contributed by atoms with Crippen molar-refractivity contribution in [2.24, 2.45) is 4.36 Å². The summed E-state index contributed by atoms with van der Waals surface area (Å²) in [7, 11) is 0. The van der Waals surface area contributed by atoms with Crippen LogP contribution in [0.4, 0.5) is 0 Å². The summed E-state index contributed by atoms with van der Waals surface area (Å²) in [6.45, 7) is 0.649. The molecule has 1 rings (SSSR count). The largest absolute Gasteiger partial charge is 2.00 e. The van der Waals surface area contributed by atoms with Crippen LogP contribution < -0.4 is 0 Å². The summed E-state index contributed by atoms with van der Waals surface area (Å²) in [4.78, 5) is 0. The van der Waals surface area contributed by atoms with Gasteiger partial charge in [0.1, 0.15) is 0 Å². The third-order valence-corrected chi connectivity index (χ3v) is 1.22. The first-order valence-corrected chi connectivity index (χ1v) is 3.13. The zero-order chi connectivity index (χ0) is 6.53. The molecule has 3 heteroatoms. The first-order chi connectivity index (χ1) is 4.43. The zero-order valence-electron chi connectivity index (χ0n) is 7.66. The molecule has 0 aliphatic heterocycles. The Morgan fingerprint density at radius 2 is 1.90 bits per heavy atom. The molecule has 0 spiro atoms. The van der Waals surface area contributed by atoms with Crippen LogP contribution in [0.15, 0.2) is 34.7 Å². The smallest absolute Gasteiger partial charge is 1.00 e. The molecule has 0 amide bonds. The van der Waals surface area contributed by atoms with E-state index >= 15 is 0 Å². The molecule has 1 aromatic carbocycles. The van der Waals surface area contributed by atoms with Gasteiger partial charge in [0, 0.05) is 12.4 Å². The van der Waals surface area contributed by atoms with Gasteiger partial charge in [0.25, 0.3) is 0 Å². The molecule has 10 heavy (non-hydrogen) atoms. The molecule has 0 atom stereocenters. The monoisotopic (exact) mass is 179 g/mol. The average molecular weight is 179 g/mol. The fraction of sp³-hybridized carbons (Fsp3) is 0.143. The van der Waals surface area contributed by atoms with Crippen LogP contribution >= 0.6 is 0 Å². The Kier molecular flexibility index (Phi) is 6.54. The first-order valence-electron chi connectivity index (χ1n) is 2.76. The van der Waals surface area contributed by atoms with Gasteiger partial charge in [-0.1, -0.05) is 30.3 Å².